The van der Waals surface area contributed by atoms with Gasteiger partial charge in [0.15, 0.2) is 0 Å². The first-order valence-electron chi connectivity index (χ1n) is 7.56. The Labute approximate surface area is 124 Å². The normalized spacial score (nSPS) is 34.1. The molecule has 1 aliphatic heterocycles. The molecular weight excluding hydrogens is 270 g/mol. The van der Waals surface area contributed by atoms with E-state index < -0.39 is 24.4 Å². The summed E-state index contributed by atoms with van der Waals surface area (Å²) in [7, 11) is 0. The van der Waals surface area contributed by atoms with E-state index in [2.05, 4.69) is 12.1 Å². The van der Waals surface area contributed by atoms with Crippen molar-refractivity contribution in [3.05, 3.63) is 35.4 Å². The van der Waals surface area contributed by atoms with E-state index in [-0.39, 0.29) is 13.2 Å². The number of benzene rings is 1. The quantitative estimate of drug-likeness (QED) is 0.584. The van der Waals surface area contributed by atoms with E-state index in [4.69, 9.17) is 0 Å². The highest BCUT2D eigenvalue weighted by molar-refractivity contribution is 5.32. The first-order valence-corrected chi connectivity index (χ1v) is 7.56. The highest BCUT2D eigenvalue weighted by Gasteiger charge is 2.41. The second kappa shape index (κ2) is 6.02. The largest absolute Gasteiger partial charge is 0.395 e. The number of hydrogen-bond donors (Lipinski definition) is 4. The van der Waals surface area contributed by atoms with Crippen LogP contribution in [0.1, 0.15) is 11.1 Å². The number of aliphatic hydroxyl groups excluding tert-OH is 4. The summed E-state index contributed by atoms with van der Waals surface area (Å²) in [5, 5.41) is 39.1. The molecule has 4 N–H and O–H groups in total. The monoisotopic (exact) mass is 293 g/mol. The summed E-state index contributed by atoms with van der Waals surface area (Å²) < 4.78 is 0. The third kappa shape index (κ3) is 2.84. The number of likely N-dealkylation sites (tertiary alicyclic amines) is 1. The molecule has 0 spiro atoms. The molecule has 0 aromatic heterocycles. The highest BCUT2D eigenvalue weighted by Crippen LogP contribution is 2.29. The van der Waals surface area contributed by atoms with E-state index in [0.717, 1.165) is 12.8 Å². The predicted molar refractivity (Wildman–Crippen MR) is 77.8 cm³/mol. The van der Waals surface area contributed by atoms with Crippen molar-refractivity contribution in [2.24, 2.45) is 5.92 Å². The molecule has 1 heterocycles. The molecule has 1 aromatic carbocycles. The lowest BCUT2D eigenvalue weighted by Gasteiger charge is -2.44. The van der Waals surface area contributed by atoms with Crippen molar-refractivity contribution in [2.45, 2.75) is 37.2 Å². The molecule has 4 atom stereocenters. The maximum absolute atomic E-state index is 10.0. The maximum atomic E-state index is 10.0. The van der Waals surface area contributed by atoms with Crippen LogP contribution in [0.4, 0.5) is 0 Å². The number of β-amino-alcohol motifs (C(OH)–C–C–N with tert-alkyl or cyclic N) is 1. The third-order valence-electron chi connectivity index (χ3n) is 4.84. The van der Waals surface area contributed by atoms with Gasteiger partial charge in [0.05, 0.1) is 18.8 Å². The summed E-state index contributed by atoms with van der Waals surface area (Å²) in [6.45, 7) is 0.779. The first kappa shape index (κ1) is 14.9. The van der Waals surface area contributed by atoms with Crippen LogP contribution in [0.25, 0.3) is 0 Å². The predicted octanol–water partition coefficient (Wildman–Crippen LogP) is -0.839. The molecule has 1 saturated heterocycles. The molecule has 5 nitrogen and oxygen atoms in total. The minimum atomic E-state index is -1.18. The maximum Gasteiger partial charge on any atom is 0.109 e. The van der Waals surface area contributed by atoms with Gasteiger partial charge < -0.3 is 20.4 Å². The number of nitrogens with zero attached hydrogens (tertiary/aromatic N) is 1. The van der Waals surface area contributed by atoms with Gasteiger partial charge in [0.1, 0.15) is 12.2 Å². The zero-order valence-corrected chi connectivity index (χ0v) is 12.0. The molecule has 0 unspecified atom stereocenters. The number of hydrogen-bond acceptors (Lipinski definition) is 5. The van der Waals surface area contributed by atoms with Crippen molar-refractivity contribution < 1.29 is 20.4 Å². The summed E-state index contributed by atoms with van der Waals surface area (Å²) in [6.07, 6.45) is -1.28. The van der Waals surface area contributed by atoms with Gasteiger partial charge in [0.2, 0.25) is 0 Å². The van der Waals surface area contributed by atoms with Crippen LogP contribution in [-0.4, -0.2) is 69.4 Å². The van der Waals surface area contributed by atoms with Crippen LogP contribution >= 0.6 is 0 Å². The lowest BCUT2D eigenvalue weighted by molar-refractivity contribution is -0.147. The molecule has 0 amide bonds. The SMILES string of the molecule is OC[C@@H]1[C@@H](O)[C@H](O)[C@@H](O)CN1CC1Cc2ccccc2C1. The molecule has 116 valence electrons. The van der Waals surface area contributed by atoms with Gasteiger partial charge in [0.25, 0.3) is 0 Å². The summed E-state index contributed by atoms with van der Waals surface area (Å²) in [5.41, 5.74) is 2.72. The smallest absolute Gasteiger partial charge is 0.109 e. The van der Waals surface area contributed by atoms with Crippen molar-refractivity contribution in [3.8, 4) is 0 Å². The molecule has 1 aromatic rings. The Bertz CT molecular complexity index is 470. The molecular formula is C16H23NO4. The van der Waals surface area contributed by atoms with Crippen LogP contribution in [0.15, 0.2) is 24.3 Å². The standard InChI is InChI=1S/C16H23NO4/c18-9-13-15(20)16(21)14(19)8-17(13)7-10-5-11-3-1-2-4-12(11)6-10/h1-4,10,13-16,18-21H,5-9H2/t13-,14+,15-,16-/m1/s1. The zero-order valence-electron chi connectivity index (χ0n) is 12.0. The summed E-state index contributed by atoms with van der Waals surface area (Å²) >= 11 is 0. The minimum Gasteiger partial charge on any atom is -0.395 e. The van der Waals surface area contributed by atoms with Gasteiger partial charge >= 0.3 is 0 Å². The Morgan fingerprint density at radius 1 is 1.00 bits per heavy atom. The number of piperidine rings is 1. The van der Waals surface area contributed by atoms with Gasteiger partial charge in [-0.1, -0.05) is 24.3 Å². The lowest BCUT2D eigenvalue weighted by Crippen LogP contribution is -2.63. The van der Waals surface area contributed by atoms with E-state index in [1.54, 1.807) is 0 Å². The fourth-order valence-electron chi connectivity index (χ4n) is 3.70. The first-order chi connectivity index (χ1) is 10.1. The summed E-state index contributed by atoms with van der Waals surface area (Å²) in [5.74, 6) is 0.422. The number of aliphatic hydroxyl groups is 4. The van der Waals surface area contributed by atoms with E-state index in [9.17, 15) is 20.4 Å². The number of fused-ring (bicyclic) bond motifs is 1. The molecule has 0 saturated carbocycles. The van der Waals surface area contributed by atoms with Crippen LogP contribution in [0.2, 0.25) is 0 Å². The third-order valence-corrected chi connectivity index (χ3v) is 4.84. The lowest BCUT2D eigenvalue weighted by atomic mass is 9.92. The van der Waals surface area contributed by atoms with Gasteiger partial charge in [-0.15, -0.1) is 0 Å². The molecule has 5 heteroatoms. The van der Waals surface area contributed by atoms with E-state index in [0.29, 0.717) is 12.5 Å². The van der Waals surface area contributed by atoms with Crippen LogP contribution in [-0.2, 0) is 12.8 Å². The molecule has 1 fully saturated rings. The Hall–Kier alpha value is -0.980. The van der Waals surface area contributed by atoms with E-state index >= 15 is 0 Å². The topological polar surface area (TPSA) is 84.2 Å². The summed E-state index contributed by atoms with van der Waals surface area (Å²) in [6, 6.07) is 7.86. The Balaban J connectivity index is 1.67. The van der Waals surface area contributed by atoms with Gasteiger partial charge in [-0.25, -0.2) is 0 Å². The molecule has 2 aliphatic rings. The van der Waals surface area contributed by atoms with Crippen molar-refractivity contribution in [1.82, 2.24) is 4.90 Å². The van der Waals surface area contributed by atoms with Crippen molar-refractivity contribution in [3.63, 3.8) is 0 Å². The minimum absolute atomic E-state index is 0.218. The van der Waals surface area contributed by atoms with Gasteiger partial charge in [-0.3, -0.25) is 4.90 Å². The molecule has 3 rings (SSSR count). The Morgan fingerprint density at radius 2 is 1.62 bits per heavy atom. The second-order valence-corrected chi connectivity index (χ2v) is 6.30. The molecule has 21 heavy (non-hydrogen) atoms. The second-order valence-electron chi connectivity index (χ2n) is 6.30. The molecule has 0 radical (unpaired) electrons. The fraction of sp³-hybridized carbons (Fsp3) is 0.625. The summed E-state index contributed by atoms with van der Waals surface area (Å²) in [4.78, 5) is 1.92. The van der Waals surface area contributed by atoms with E-state index in [1.807, 2.05) is 17.0 Å². The van der Waals surface area contributed by atoms with Crippen LogP contribution in [0.3, 0.4) is 0 Å². The number of rotatable bonds is 3. The highest BCUT2D eigenvalue weighted by atomic mass is 16.4. The Morgan fingerprint density at radius 3 is 2.19 bits per heavy atom. The van der Waals surface area contributed by atoms with Crippen molar-refractivity contribution in [1.29, 1.82) is 0 Å². The van der Waals surface area contributed by atoms with Gasteiger partial charge in [-0.05, 0) is 29.9 Å². The Kier molecular flexibility index (Phi) is 4.28. The average Bonchev–Trinajstić information content (AvgIpc) is 2.87. The van der Waals surface area contributed by atoms with Crippen molar-refractivity contribution in [2.75, 3.05) is 19.7 Å². The van der Waals surface area contributed by atoms with Crippen LogP contribution in [0, 0.1) is 5.92 Å². The zero-order chi connectivity index (χ0) is 15.0. The average molecular weight is 293 g/mol. The van der Waals surface area contributed by atoms with Crippen molar-refractivity contribution >= 4 is 0 Å². The van der Waals surface area contributed by atoms with Gasteiger partial charge in [-0.2, -0.15) is 0 Å². The van der Waals surface area contributed by atoms with E-state index in [1.165, 1.54) is 11.1 Å². The fourth-order valence-corrected chi connectivity index (χ4v) is 3.70. The molecule has 1 aliphatic carbocycles. The molecule has 0 bridgehead atoms. The van der Waals surface area contributed by atoms with Crippen LogP contribution in [0.5, 0.6) is 0 Å². The van der Waals surface area contributed by atoms with Crippen LogP contribution < -0.4 is 0 Å². The van der Waals surface area contributed by atoms with Gasteiger partial charge in [0, 0.05) is 13.1 Å².